The second-order valence-electron chi connectivity index (χ2n) is 3.48. The Balaban J connectivity index is 2.33. The number of hydrogen-bond donors (Lipinski definition) is 1. The van der Waals surface area contributed by atoms with E-state index >= 15 is 0 Å². The van der Waals surface area contributed by atoms with Crippen molar-refractivity contribution >= 4 is 5.69 Å². The van der Waals surface area contributed by atoms with Gasteiger partial charge in [0.15, 0.2) is 0 Å². The van der Waals surface area contributed by atoms with E-state index in [0.29, 0.717) is 19.7 Å². The van der Waals surface area contributed by atoms with Crippen LogP contribution < -0.4 is 15.4 Å². The van der Waals surface area contributed by atoms with E-state index in [1.54, 1.807) is 0 Å². The maximum absolute atomic E-state index is 5.58. The first-order valence-corrected chi connectivity index (χ1v) is 4.99. The van der Waals surface area contributed by atoms with Gasteiger partial charge in [0.25, 0.3) is 0 Å². The Morgan fingerprint density at radius 3 is 3.13 bits per heavy atom. The molecule has 0 atom stereocenters. The fourth-order valence-electron chi connectivity index (χ4n) is 1.72. The summed E-state index contributed by atoms with van der Waals surface area (Å²) in [5.41, 5.74) is 7.72. The largest absolute Gasteiger partial charge is 0.490 e. The fraction of sp³-hybridized carbons (Fsp3) is 0.333. The molecule has 0 amide bonds. The first-order valence-electron chi connectivity index (χ1n) is 4.99. The average molecular weight is 202 g/mol. The number of terminal acetylenes is 1. The molecule has 0 fully saturated rings. The van der Waals surface area contributed by atoms with Crippen LogP contribution in [0.4, 0.5) is 5.69 Å². The highest BCUT2D eigenvalue weighted by Gasteiger charge is 2.16. The number of nitrogens with zero attached hydrogens (tertiary/aromatic N) is 1. The summed E-state index contributed by atoms with van der Waals surface area (Å²) in [6, 6.07) is 6.02. The molecule has 3 nitrogen and oxygen atoms in total. The van der Waals surface area contributed by atoms with Gasteiger partial charge in [-0.05, 0) is 17.7 Å². The van der Waals surface area contributed by atoms with Gasteiger partial charge >= 0.3 is 0 Å². The molecule has 0 aromatic heterocycles. The Labute approximate surface area is 89.8 Å². The molecule has 1 aliphatic rings. The van der Waals surface area contributed by atoms with E-state index in [0.717, 1.165) is 23.5 Å². The van der Waals surface area contributed by atoms with Crippen LogP contribution in [-0.2, 0) is 6.54 Å². The van der Waals surface area contributed by atoms with Gasteiger partial charge in [0.05, 0.1) is 18.8 Å². The fourth-order valence-corrected chi connectivity index (χ4v) is 1.72. The van der Waals surface area contributed by atoms with Crippen molar-refractivity contribution in [2.45, 2.75) is 6.54 Å². The molecule has 2 rings (SSSR count). The monoisotopic (exact) mass is 202 g/mol. The van der Waals surface area contributed by atoms with Crippen molar-refractivity contribution in [3.63, 3.8) is 0 Å². The maximum atomic E-state index is 5.58. The summed E-state index contributed by atoms with van der Waals surface area (Å²) in [6.07, 6.45) is 5.32. The lowest BCUT2D eigenvalue weighted by atomic mass is 10.1. The van der Waals surface area contributed by atoms with Crippen LogP contribution in [0.1, 0.15) is 5.56 Å². The summed E-state index contributed by atoms with van der Waals surface area (Å²) >= 11 is 0. The van der Waals surface area contributed by atoms with Crippen LogP contribution in [0.5, 0.6) is 5.75 Å². The molecule has 0 radical (unpaired) electrons. The smallest absolute Gasteiger partial charge is 0.143 e. The number of rotatable bonds is 2. The lowest BCUT2D eigenvalue weighted by molar-refractivity contribution is 0.309. The molecule has 0 unspecified atom stereocenters. The Hall–Kier alpha value is -1.66. The van der Waals surface area contributed by atoms with Gasteiger partial charge in [0.2, 0.25) is 0 Å². The summed E-state index contributed by atoms with van der Waals surface area (Å²) in [6.45, 7) is 2.69. The van der Waals surface area contributed by atoms with E-state index < -0.39 is 0 Å². The lowest BCUT2D eigenvalue weighted by Gasteiger charge is -2.29. The van der Waals surface area contributed by atoms with Crippen LogP contribution in [0.2, 0.25) is 0 Å². The number of ether oxygens (including phenoxy) is 1. The summed E-state index contributed by atoms with van der Waals surface area (Å²) in [7, 11) is 0. The zero-order valence-electron chi connectivity index (χ0n) is 8.57. The van der Waals surface area contributed by atoms with Crippen molar-refractivity contribution in [1.82, 2.24) is 0 Å². The number of hydrogen-bond acceptors (Lipinski definition) is 3. The topological polar surface area (TPSA) is 38.5 Å². The average Bonchev–Trinajstić information content (AvgIpc) is 2.29. The van der Waals surface area contributed by atoms with Crippen LogP contribution in [0.3, 0.4) is 0 Å². The van der Waals surface area contributed by atoms with Crippen LogP contribution in [0.25, 0.3) is 0 Å². The summed E-state index contributed by atoms with van der Waals surface area (Å²) in [5.74, 6) is 3.54. The van der Waals surface area contributed by atoms with E-state index in [-0.39, 0.29) is 0 Å². The molecule has 0 aliphatic carbocycles. The molecule has 1 aliphatic heterocycles. The van der Waals surface area contributed by atoms with Crippen LogP contribution >= 0.6 is 0 Å². The molecule has 2 N–H and O–H groups in total. The first kappa shape index (κ1) is 9.88. The van der Waals surface area contributed by atoms with Crippen LogP contribution in [-0.4, -0.2) is 19.7 Å². The SMILES string of the molecule is C#CCN1CCOc2cc(CN)ccc21. The molecule has 0 spiro atoms. The minimum absolute atomic E-state index is 0.534. The molecule has 78 valence electrons. The Morgan fingerprint density at radius 2 is 2.40 bits per heavy atom. The van der Waals surface area contributed by atoms with Gasteiger partial charge < -0.3 is 15.4 Å². The third-order valence-electron chi connectivity index (χ3n) is 2.50. The molecule has 0 saturated heterocycles. The minimum Gasteiger partial charge on any atom is -0.490 e. The Kier molecular flexibility index (Phi) is 2.79. The predicted molar refractivity (Wildman–Crippen MR) is 60.9 cm³/mol. The maximum Gasteiger partial charge on any atom is 0.143 e. The van der Waals surface area contributed by atoms with Crippen LogP contribution in [0.15, 0.2) is 18.2 Å². The van der Waals surface area contributed by atoms with Crippen molar-refractivity contribution in [2.24, 2.45) is 5.73 Å². The van der Waals surface area contributed by atoms with Crippen molar-refractivity contribution in [2.75, 3.05) is 24.6 Å². The lowest BCUT2D eigenvalue weighted by Crippen LogP contribution is -2.32. The zero-order chi connectivity index (χ0) is 10.7. The van der Waals surface area contributed by atoms with Crippen molar-refractivity contribution in [3.05, 3.63) is 23.8 Å². The van der Waals surface area contributed by atoms with E-state index in [1.165, 1.54) is 0 Å². The molecule has 1 aromatic carbocycles. The summed E-state index contributed by atoms with van der Waals surface area (Å²) in [5, 5.41) is 0. The molecule has 0 bridgehead atoms. The van der Waals surface area contributed by atoms with Gasteiger partial charge in [-0.15, -0.1) is 6.42 Å². The molecular formula is C12H14N2O. The van der Waals surface area contributed by atoms with E-state index in [1.807, 2.05) is 18.2 Å². The van der Waals surface area contributed by atoms with E-state index in [9.17, 15) is 0 Å². The van der Waals surface area contributed by atoms with Gasteiger partial charge in [-0.1, -0.05) is 12.0 Å². The normalized spacial score (nSPS) is 14.0. The molecule has 3 heteroatoms. The quantitative estimate of drug-likeness (QED) is 0.726. The molecule has 15 heavy (non-hydrogen) atoms. The highest BCUT2D eigenvalue weighted by Crippen LogP contribution is 2.31. The zero-order valence-corrected chi connectivity index (χ0v) is 8.57. The van der Waals surface area contributed by atoms with Gasteiger partial charge in [-0.3, -0.25) is 0 Å². The van der Waals surface area contributed by atoms with Crippen LogP contribution in [0, 0.1) is 12.3 Å². The highest BCUT2D eigenvalue weighted by atomic mass is 16.5. The third kappa shape index (κ3) is 1.90. The minimum atomic E-state index is 0.534. The predicted octanol–water partition coefficient (Wildman–Crippen LogP) is 0.977. The number of anilines is 1. The number of benzene rings is 1. The summed E-state index contributed by atoms with van der Waals surface area (Å²) < 4.78 is 5.58. The Bertz CT molecular complexity index is 395. The Morgan fingerprint density at radius 1 is 1.53 bits per heavy atom. The number of nitrogens with two attached hydrogens (primary N) is 1. The first-order chi connectivity index (χ1) is 7.35. The van der Waals surface area contributed by atoms with Gasteiger partial charge in [-0.2, -0.15) is 0 Å². The van der Waals surface area contributed by atoms with Gasteiger partial charge in [0, 0.05) is 6.54 Å². The molecule has 1 heterocycles. The van der Waals surface area contributed by atoms with E-state index in [4.69, 9.17) is 16.9 Å². The molecular weight excluding hydrogens is 188 g/mol. The number of fused-ring (bicyclic) bond motifs is 1. The summed E-state index contributed by atoms with van der Waals surface area (Å²) in [4.78, 5) is 2.14. The third-order valence-corrected chi connectivity index (χ3v) is 2.50. The molecule has 1 aromatic rings. The van der Waals surface area contributed by atoms with Gasteiger partial charge in [0.1, 0.15) is 12.4 Å². The van der Waals surface area contributed by atoms with Gasteiger partial charge in [-0.25, -0.2) is 0 Å². The van der Waals surface area contributed by atoms with Crippen molar-refractivity contribution in [1.29, 1.82) is 0 Å². The molecule has 0 saturated carbocycles. The second kappa shape index (κ2) is 4.24. The van der Waals surface area contributed by atoms with Crippen molar-refractivity contribution in [3.8, 4) is 18.1 Å². The standard InChI is InChI=1S/C12H14N2O/c1-2-5-14-6-7-15-12-8-10(9-13)3-4-11(12)14/h1,3-4,8H,5-7,9,13H2. The van der Waals surface area contributed by atoms with Crippen molar-refractivity contribution < 1.29 is 4.74 Å². The second-order valence-corrected chi connectivity index (χ2v) is 3.48. The highest BCUT2D eigenvalue weighted by molar-refractivity contribution is 5.61. The van der Waals surface area contributed by atoms with E-state index in [2.05, 4.69) is 10.8 Å².